The minimum Gasteiger partial charge on any atom is -0.361 e. The van der Waals surface area contributed by atoms with Gasteiger partial charge >= 0.3 is 0 Å². The van der Waals surface area contributed by atoms with Gasteiger partial charge in [0.1, 0.15) is 11.6 Å². The molecule has 0 unspecified atom stereocenters. The topological polar surface area (TPSA) is 49.6 Å². The SMILES string of the molecule is Cc1oncc1CN1CCN(C(=O)C=Cc2ccccc2F)CC1. The summed E-state index contributed by atoms with van der Waals surface area (Å²) in [6.45, 7) is 5.58. The van der Waals surface area contributed by atoms with Crippen molar-refractivity contribution >= 4 is 12.0 Å². The minimum atomic E-state index is -0.324. The molecule has 126 valence electrons. The Hall–Kier alpha value is -2.47. The number of piperazine rings is 1. The number of halogens is 1. The van der Waals surface area contributed by atoms with Crippen LogP contribution in [0.25, 0.3) is 6.08 Å². The number of benzene rings is 1. The van der Waals surface area contributed by atoms with Gasteiger partial charge in [-0.2, -0.15) is 0 Å². The normalized spacial score (nSPS) is 16.0. The summed E-state index contributed by atoms with van der Waals surface area (Å²) in [6, 6.07) is 6.41. The molecule has 0 radical (unpaired) electrons. The van der Waals surface area contributed by atoms with Gasteiger partial charge in [-0.3, -0.25) is 9.69 Å². The number of carbonyl (C=O) groups is 1. The lowest BCUT2D eigenvalue weighted by molar-refractivity contribution is -0.127. The Kier molecular flexibility index (Phi) is 5.05. The monoisotopic (exact) mass is 329 g/mol. The molecule has 1 amide bonds. The van der Waals surface area contributed by atoms with E-state index in [-0.39, 0.29) is 11.7 Å². The second-order valence-electron chi connectivity index (χ2n) is 5.86. The Labute approximate surface area is 140 Å². The number of rotatable bonds is 4. The summed E-state index contributed by atoms with van der Waals surface area (Å²) in [5.41, 5.74) is 1.50. The third-order valence-corrected chi connectivity index (χ3v) is 4.24. The van der Waals surface area contributed by atoms with Gasteiger partial charge in [0.2, 0.25) is 5.91 Å². The van der Waals surface area contributed by atoms with Crippen molar-refractivity contribution in [3.05, 3.63) is 59.2 Å². The molecule has 1 aromatic heterocycles. The lowest BCUT2D eigenvalue weighted by Crippen LogP contribution is -2.47. The van der Waals surface area contributed by atoms with E-state index in [0.29, 0.717) is 18.7 Å². The molecule has 6 heteroatoms. The van der Waals surface area contributed by atoms with Crippen molar-refractivity contribution in [3.63, 3.8) is 0 Å². The van der Waals surface area contributed by atoms with Crippen molar-refractivity contribution in [2.75, 3.05) is 26.2 Å². The molecule has 0 N–H and O–H groups in total. The maximum absolute atomic E-state index is 13.6. The van der Waals surface area contributed by atoms with Gasteiger partial charge < -0.3 is 9.42 Å². The number of hydrogen-bond acceptors (Lipinski definition) is 4. The first-order valence-electron chi connectivity index (χ1n) is 7.97. The fourth-order valence-corrected chi connectivity index (χ4v) is 2.71. The molecule has 0 saturated carbocycles. The minimum absolute atomic E-state index is 0.0842. The van der Waals surface area contributed by atoms with Crippen LogP contribution in [0.2, 0.25) is 0 Å². The number of aromatic nitrogens is 1. The number of amides is 1. The average Bonchev–Trinajstić information content (AvgIpc) is 2.99. The molecule has 0 spiro atoms. The van der Waals surface area contributed by atoms with Crippen molar-refractivity contribution in [3.8, 4) is 0 Å². The van der Waals surface area contributed by atoms with Crippen LogP contribution < -0.4 is 0 Å². The fourth-order valence-electron chi connectivity index (χ4n) is 2.71. The van der Waals surface area contributed by atoms with E-state index in [1.54, 1.807) is 29.3 Å². The zero-order valence-corrected chi connectivity index (χ0v) is 13.6. The average molecular weight is 329 g/mol. The Bertz CT molecular complexity index is 733. The van der Waals surface area contributed by atoms with Crippen LogP contribution in [0.3, 0.4) is 0 Å². The molecule has 1 aromatic carbocycles. The number of carbonyl (C=O) groups excluding carboxylic acids is 1. The summed E-state index contributed by atoms with van der Waals surface area (Å²) in [4.78, 5) is 16.3. The maximum Gasteiger partial charge on any atom is 0.246 e. The van der Waals surface area contributed by atoms with Crippen LogP contribution in [-0.2, 0) is 11.3 Å². The number of nitrogens with zero attached hydrogens (tertiary/aromatic N) is 3. The van der Waals surface area contributed by atoms with Crippen LogP contribution >= 0.6 is 0 Å². The molecule has 1 aliphatic heterocycles. The van der Waals surface area contributed by atoms with E-state index in [4.69, 9.17) is 4.52 Å². The van der Waals surface area contributed by atoms with Gasteiger partial charge in [-0.1, -0.05) is 23.4 Å². The van der Waals surface area contributed by atoms with E-state index in [1.807, 2.05) is 6.92 Å². The van der Waals surface area contributed by atoms with Crippen molar-refractivity contribution in [2.45, 2.75) is 13.5 Å². The number of hydrogen-bond donors (Lipinski definition) is 0. The summed E-state index contributed by atoms with van der Waals surface area (Å²) in [5.74, 6) is 0.427. The Morgan fingerprint density at radius 3 is 2.71 bits per heavy atom. The molecule has 0 atom stereocenters. The van der Waals surface area contributed by atoms with E-state index in [9.17, 15) is 9.18 Å². The van der Waals surface area contributed by atoms with Crippen LogP contribution in [0.1, 0.15) is 16.9 Å². The van der Waals surface area contributed by atoms with E-state index < -0.39 is 0 Å². The first-order chi connectivity index (χ1) is 11.6. The van der Waals surface area contributed by atoms with Gasteiger partial charge in [0.05, 0.1) is 6.20 Å². The highest BCUT2D eigenvalue weighted by Gasteiger charge is 2.20. The van der Waals surface area contributed by atoms with Crippen LogP contribution in [0, 0.1) is 12.7 Å². The summed E-state index contributed by atoms with van der Waals surface area (Å²) >= 11 is 0. The second kappa shape index (κ2) is 7.40. The van der Waals surface area contributed by atoms with Crippen molar-refractivity contribution < 1.29 is 13.7 Å². The molecule has 0 bridgehead atoms. The Morgan fingerprint density at radius 2 is 2.04 bits per heavy atom. The van der Waals surface area contributed by atoms with Gasteiger partial charge in [0, 0.05) is 49.9 Å². The highest BCUT2D eigenvalue weighted by atomic mass is 19.1. The first kappa shape index (κ1) is 16.4. The smallest absolute Gasteiger partial charge is 0.246 e. The largest absolute Gasteiger partial charge is 0.361 e. The summed E-state index contributed by atoms with van der Waals surface area (Å²) < 4.78 is 18.6. The Morgan fingerprint density at radius 1 is 1.29 bits per heavy atom. The van der Waals surface area contributed by atoms with E-state index in [1.165, 1.54) is 18.2 Å². The molecule has 24 heavy (non-hydrogen) atoms. The van der Waals surface area contributed by atoms with Gasteiger partial charge in [0.15, 0.2) is 0 Å². The van der Waals surface area contributed by atoms with E-state index >= 15 is 0 Å². The van der Waals surface area contributed by atoms with E-state index in [0.717, 1.165) is 31.0 Å². The molecule has 5 nitrogen and oxygen atoms in total. The third-order valence-electron chi connectivity index (χ3n) is 4.24. The lowest BCUT2D eigenvalue weighted by atomic mass is 10.2. The predicted molar refractivity (Wildman–Crippen MR) is 88.5 cm³/mol. The summed E-state index contributed by atoms with van der Waals surface area (Å²) in [7, 11) is 0. The molecule has 2 aromatic rings. The molecular formula is C18H20FN3O2. The van der Waals surface area contributed by atoms with Gasteiger partial charge in [-0.25, -0.2) is 4.39 Å². The number of aryl methyl sites for hydroxylation is 1. The molecule has 3 rings (SSSR count). The Balaban J connectivity index is 1.52. The molecular weight excluding hydrogens is 309 g/mol. The second-order valence-corrected chi connectivity index (χ2v) is 5.86. The zero-order valence-electron chi connectivity index (χ0n) is 13.6. The maximum atomic E-state index is 13.6. The molecule has 1 fully saturated rings. The van der Waals surface area contributed by atoms with Crippen molar-refractivity contribution in [1.29, 1.82) is 0 Å². The highest BCUT2D eigenvalue weighted by Crippen LogP contribution is 2.13. The quantitative estimate of drug-likeness (QED) is 0.809. The molecule has 1 aliphatic rings. The van der Waals surface area contributed by atoms with Crippen LogP contribution in [-0.4, -0.2) is 47.0 Å². The van der Waals surface area contributed by atoms with Crippen LogP contribution in [0.4, 0.5) is 4.39 Å². The van der Waals surface area contributed by atoms with Gasteiger partial charge in [-0.15, -0.1) is 0 Å². The first-order valence-corrected chi connectivity index (χ1v) is 7.97. The molecule has 2 heterocycles. The standard InChI is InChI=1S/C18H20FN3O2/c1-14-16(12-20-24-14)13-21-8-10-22(11-9-21)18(23)7-6-15-4-2-3-5-17(15)19/h2-7,12H,8-11,13H2,1H3. The van der Waals surface area contributed by atoms with E-state index in [2.05, 4.69) is 10.1 Å². The fraction of sp³-hybridized carbons (Fsp3) is 0.333. The summed E-state index contributed by atoms with van der Waals surface area (Å²) in [5, 5.41) is 3.78. The van der Waals surface area contributed by atoms with Crippen molar-refractivity contribution in [1.82, 2.24) is 15.0 Å². The van der Waals surface area contributed by atoms with Crippen molar-refractivity contribution in [2.24, 2.45) is 0 Å². The third kappa shape index (κ3) is 3.89. The molecule has 1 saturated heterocycles. The summed E-state index contributed by atoms with van der Waals surface area (Å²) in [6.07, 6.45) is 4.72. The lowest BCUT2D eigenvalue weighted by Gasteiger charge is -2.34. The predicted octanol–water partition coefficient (Wildman–Crippen LogP) is 2.48. The molecule has 0 aliphatic carbocycles. The zero-order chi connectivity index (χ0) is 16.9. The highest BCUT2D eigenvalue weighted by molar-refractivity contribution is 5.91. The van der Waals surface area contributed by atoms with Crippen LogP contribution in [0.5, 0.6) is 0 Å². The van der Waals surface area contributed by atoms with Gasteiger partial charge in [0.25, 0.3) is 0 Å². The van der Waals surface area contributed by atoms with Crippen LogP contribution in [0.15, 0.2) is 41.1 Å². The van der Waals surface area contributed by atoms with Gasteiger partial charge in [-0.05, 0) is 19.1 Å².